The molecule has 1 saturated heterocycles. The van der Waals surface area contributed by atoms with Crippen molar-refractivity contribution in [2.24, 2.45) is 0 Å². The first kappa shape index (κ1) is 30.5. The third-order valence-electron chi connectivity index (χ3n) is 7.01. The van der Waals surface area contributed by atoms with Gasteiger partial charge in [0.05, 0.1) is 32.0 Å². The number of nitrogens with one attached hydrogen (secondary N) is 1. The summed E-state index contributed by atoms with van der Waals surface area (Å²) in [7, 11) is -1.48. The van der Waals surface area contributed by atoms with Gasteiger partial charge < -0.3 is 23.8 Å². The summed E-state index contributed by atoms with van der Waals surface area (Å²) in [5.41, 5.74) is 0.529. The fraction of sp³-hybridized carbons (Fsp3) is 0.333. The zero-order valence-corrected chi connectivity index (χ0v) is 25.4. The number of ether oxygens (including phenoxy) is 4. The molecule has 0 bridgehead atoms. The van der Waals surface area contributed by atoms with Gasteiger partial charge in [0.25, 0.3) is 10.0 Å². The highest BCUT2D eigenvalue weighted by atomic mass is 32.2. The number of methoxy groups -OCH3 is 2. The molecule has 0 radical (unpaired) electrons. The molecule has 0 amide bonds. The van der Waals surface area contributed by atoms with Crippen molar-refractivity contribution >= 4 is 43.9 Å². The number of thiophene rings is 1. The van der Waals surface area contributed by atoms with Crippen LogP contribution in [-0.2, 0) is 14.8 Å². The minimum atomic E-state index is -4.18. The summed E-state index contributed by atoms with van der Waals surface area (Å²) >= 11 is 0.929. The van der Waals surface area contributed by atoms with E-state index in [4.69, 9.17) is 14.2 Å². The van der Waals surface area contributed by atoms with Crippen molar-refractivity contribution in [1.29, 1.82) is 0 Å². The first-order valence-electron chi connectivity index (χ1n) is 13.8. The van der Waals surface area contributed by atoms with Crippen LogP contribution in [0.25, 0.3) is 10.9 Å². The molecule has 1 aliphatic rings. The lowest BCUT2D eigenvalue weighted by Gasteiger charge is -2.26. The van der Waals surface area contributed by atoms with Crippen molar-refractivity contribution in [2.45, 2.75) is 30.6 Å². The zero-order valence-electron chi connectivity index (χ0n) is 23.8. The molecule has 43 heavy (non-hydrogen) atoms. The summed E-state index contributed by atoms with van der Waals surface area (Å²) in [5.74, 6) is -0.329. The number of hydrogen-bond acceptors (Lipinski definition) is 10. The Morgan fingerprint density at radius 2 is 1.84 bits per heavy atom. The molecule has 13 heteroatoms. The Balaban J connectivity index is 1.30. The number of rotatable bonds is 12. The summed E-state index contributed by atoms with van der Waals surface area (Å²) in [6.45, 7) is 3.79. The van der Waals surface area contributed by atoms with Crippen molar-refractivity contribution in [3.05, 3.63) is 64.7 Å². The smallest absolute Gasteiger partial charge is 0.349 e. The third-order valence-corrected chi connectivity index (χ3v) is 9.45. The summed E-state index contributed by atoms with van der Waals surface area (Å²) in [6.07, 6.45) is 6.23. The molecule has 1 N–H and O–H groups in total. The van der Waals surface area contributed by atoms with Crippen LogP contribution in [0.2, 0.25) is 0 Å². The SMILES string of the molecule is COC(=O)c1sccc1S(=O)(=O)Nc1ccc(Oc2ccnc3cc(OCCCN4CCCCC4)c(OC)cc23)c(F)c1. The van der Waals surface area contributed by atoms with Crippen molar-refractivity contribution in [3.63, 3.8) is 0 Å². The van der Waals surface area contributed by atoms with Crippen LogP contribution in [0.4, 0.5) is 10.1 Å². The molecule has 4 aromatic rings. The number of benzene rings is 2. The minimum Gasteiger partial charge on any atom is -0.493 e. The normalized spacial score (nSPS) is 13.9. The Hall–Kier alpha value is -3.94. The standard InChI is InChI=1S/C30H32FN3O7S2/c1-38-26-18-21-23(19-27(26)40-15-6-14-34-12-4-3-5-13-34)32-11-9-24(21)41-25-8-7-20(17-22(25)31)33-43(36,37)28-10-16-42-29(28)30(35)39-2/h7-11,16-19,33H,3-6,12-15H2,1-2H3. The van der Waals surface area contributed by atoms with Gasteiger partial charge in [-0.05, 0) is 68.1 Å². The first-order valence-corrected chi connectivity index (χ1v) is 16.1. The number of carbonyl (C=O) groups excluding carboxylic acids is 1. The number of esters is 1. The van der Waals surface area contributed by atoms with Gasteiger partial charge in [0.15, 0.2) is 23.1 Å². The van der Waals surface area contributed by atoms with Gasteiger partial charge in [-0.2, -0.15) is 0 Å². The largest absolute Gasteiger partial charge is 0.493 e. The number of hydrogen-bond donors (Lipinski definition) is 1. The first-order chi connectivity index (χ1) is 20.8. The summed E-state index contributed by atoms with van der Waals surface area (Å²) < 4.78 is 65.3. The average molecular weight is 630 g/mol. The number of likely N-dealkylation sites (tertiary alicyclic amines) is 1. The maximum Gasteiger partial charge on any atom is 0.349 e. The fourth-order valence-corrected chi connectivity index (χ4v) is 7.25. The molecule has 1 aliphatic heterocycles. The summed E-state index contributed by atoms with van der Waals surface area (Å²) in [5, 5.41) is 2.04. The number of sulfonamides is 1. The molecule has 5 rings (SSSR count). The van der Waals surface area contributed by atoms with E-state index >= 15 is 4.39 Å². The highest BCUT2D eigenvalue weighted by Crippen LogP contribution is 2.38. The molecule has 2 aromatic carbocycles. The zero-order chi connectivity index (χ0) is 30.4. The van der Waals surface area contributed by atoms with Crippen molar-refractivity contribution in [3.8, 4) is 23.0 Å². The monoisotopic (exact) mass is 629 g/mol. The lowest BCUT2D eigenvalue weighted by molar-refractivity contribution is 0.0602. The van der Waals surface area contributed by atoms with E-state index < -0.39 is 21.8 Å². The highest BCUT2D eigenvalue weighted by Gasteiger charge is 2.25. The number of carbonyl (C=O) groups is 1. The number of anilines is 1. The quantitative estimate of drug-likeness (QED) is 0.147. The topological polar surface area (TPSA) is 116 Å². The molecule has 0 aliphatic carbocycles. The number of nitrogens with zero attached hydrogens (tertiary/aromatic N) is 2. The van der Waals surface area contributed by atoms with E-state index in [9.17, 15) is 13.2 Å². The molecule has 2 aromatic heterocycles. The van der Waals surface area contributed by atoms with Crippen LogP contribution in [0.5, 0.6) is 23.0 Å². The van der Waals surface area contributed by atoms with Crippen molar-refractivity contribution in [1.82, 2.24) is 9.88 Å². The van der Waals surface area contributed by atoms with Gasteiger partial charge in [-0.1, -0.05) is 6.42 Å². The van der Waals surface area contributed by atoms with Crippen molar-refractivity contribution < 1.29 is 36.6 Å². The van der Waals surface area contributed by atoms with Gasteiger partial charge in [-0.15, -0.1) is 11.3 Å². The Morgan fingerprint density at radius 1 is 1.02 bits per heavy atom. The predicted molar refractivity (Wildman–Crippen MR) is 162 cm³/mol. The second-order valence-corrected chi connectivity index (χ2v) is 12.5. The molecule has 0 atom stereocenters. The van der Waals surface area contributed by atoms with E-state index in [-0.39, 0.29) is 21.2 Å². The van der Waals surface area contributed by atoms with Gasteiger partial charge in [-0.3, -0.25) is 9.71 Å². The molecule has 0 saturated carbocycles. The van der Waals surface area contributed by atoms with E-state index in [1.165, 1.54) is 42.8 Å². The predicted octanol–water partition coefficient (Wildman–Crippen LogP) is 6.08. The fourth-order valence-electron chi connectivity index (χ4n) is 4.87. The van der Waals surface area contributed by atoms with Crippen LogP contribution < -0.4 is 18.9 Å². The van der Waals surface area contributed by atoms with E-state index in [1.54, 1.807) is 31.5 Å². The molecule has 1 fully saturated rings. The second kappa shape index (κ2) is 13.6. The number of pyridine rings is 1. The van der Waals surface area contributed by atoms with Crippen LogP contribution in [0.15, 0.2) is 58.9 Å². The van der Waals surface area contributed by atoms with Gasteiger partial charge in [0.1, 0.15) is 15.5 Å². The molecule has 0 unspecified atom stereocenters. The maximum atomic E-state index is 15.1. The molecular formula is C30H32FN3O7S2. The number of aromatic nitrogens is 1. The Labute approximate surface area is 253 Å². The van der Waals surface area contributed by atoms with Crippen LogP contribution in [0.1, 0.15) is 35.4 Å². The van der Waals surface area contributed by atoms with Crippen LogP contribution >= 0.6 is 11.3 Å². The third kappa shape index (κ3) is 7.17. The minimum absolute atomic E-state index is 0.0461. The molecule has 10 nitrogen and oxygen atoms in total. The van der Waals surface area contributed by atoms with Gasteiger partial charge >= 0.3 is 5.97 Å². The van der Waals surface area contributed by atoms with Crippen molar-refractivity contribution in [2.75, 3.05) is 45.2 Å². The Kier molecular flexibility index (Phi) is 9.63. The molecular weight excluding hydrogens is 597 g/mol. The second-order valence-electron chi connectivity index (χ2n) is 9.89. The lowest BCUT2D eigenvalue weighted by atomic mass is 10.1. The number of fused-ring (bicyclic) bond motifs is 1. The Morgan fingerprint density at radius 3 is 2.58 bits per heavy atom. The van der Waals surface area contributed by atoms with Crippen LogP contribution in [-0.4, -0.2) is 64.7 Å². The molecule has 3 heterocycles. The van der Waals surface area contributed by atoms with E-state index in [2.05, 4.69) is 19.3 Å². The number of piperidine rings is 1. The van der Waals surface area contributed by atoms with Gasteiger partial charge in [-0.25, -0.2) is 17.6 Å². The van der Waals surface area contributed by atoms with Crippen LogP contribution in [0.3, 0.4) is 0 Å². The Bertz CT molecular complexity index is 1710. The summed E-state index contributed by atoms with van der Waals surface area (Å²) in [4.78, 5) is 18.5. The molecule has 228 valence electrons. The van der Waals surface area contributed by atoms with E-state index in [0.29, 0.717) is 34.8 Å². The average Bonchev–Trinajstić information content (AvgIpc) is 3.52. The van der Waals surface area contributed by atoms with Crippen LogP contribution in [0, 0.1) is 5.82 Å². The van der Waals surface area contributed by atoms with Gasteiger partial charge in [0.2, 0.25) is 0 Å². The maximum absolute atomic E-state index is 15.1. The van der Waals surface area contributed by atoms with Gasteiger partial charge in [0, 0.05) is 30.3 Å². The van der Waals surface area contributed by atoms with E-state index in [1.807, 2.05) is 0 Å². The summed E-state index contributed by atoms with van der Waals surface area (Å²) in [6, 6.07) is 10.0. The lowest BCUT2D eigenvalue weighted by Crippen LogP contribution is -2.31. The highest BCUT2D eigenvalue weighted by molar-refractivity contribution is 7.93. The molecule has 0 spiro atoms. The number of halogens is 1. The van der Waals surface area contributed by atoms with E-state index in [0.717, 1.165) is 50.6 Å².